The molecular formula is C15H16N2O3. The predicted octanol–water partition coefficient (Wildman–Crippen LogP) is 2.76. The molecule has 0 saturated heterocycles. The smallest absolute Gasteiger partial charge is 0.274 e. The van der Waals surface area contributed by atoms with Crippen LogP contribution in [0.3, 0.4) is 0 Å². The van der Waals surface area contributed by atoms with Crippen molar-refractivity contribution in [2.75, 3.05) is 0 Å². The van der Waals surface area contributed by atoms with Gasteiger partial charge in [0.05, 0.1) is 11.3 Å². The van der Waals surface area contributed by atoms with Gasteiger partial charge in [-0.15, -0.1) is 0 Å². The van der Waals surface area contributed by atoms with Crippen molar-refractivity contribution in [2.45, 2.75) is 20.8 Å². The molecule has 20 heavy (non-hydrogen) atoms. The van der Waals surface area contributed by atoms with Gasteiger partial charge in [-0.25, -0.2) is 5.43 Å². The van der Waals surface area contributed by atoms with Gasteiger partial charge in [0.15, 0.2) is 0 Å². The van der Waals surface area contributed by atoms with Crippen molar-refractivity contribution in [3.63, 3.8) is 0 Å². The Hall–Kier alpha value is -2.56. The number of nitrogens with zero attached hydrogens (tertiary/aromatic N) is 1. The summed E-state index contributed by atoms with van der Waals surface area (Å²) < 4.78 is 5.30. The Kier molecular flexibility index (Phi) is 3.89. The van der Waals surface area contributed by atoms with Crippen LogP contribution < -0.4 is 5.43 Å². The number of hydrogen-bond donors (Lipinski definition) is 2. The van der Waals surface area contributed by atoms with Crippen LogP contribution in [0.2, 0.25) is 0 Å². The molecule has 0 bridgehead atoms. The molecule has 0 spiro atoms. The molecule has 5 heteroatoms. The fourth-order valence-corrected chi connectivity index (χ4v) is 1.85. The second-order valence-electron chi connectivity index (χ2n) is 4.52. The fourth-order valence-electron chi connectivity index (χ4n) is 1.85. The molecule has 1 aromatic carbocycles. The number of aryl methyl sites for hydroxylation is 2. The fraction of sp³-hybridized carbons (Fsp3) is 0.200. The standard InChI is InChI=1S/C15H16N2O3/c1-9-7-14(11(3)20-9)15(19)17-16-10(2)12-5-4-6-13(18)8-12/h4-8,18H,1-3H3,(H,17,19). The van der Waals surface area contributed by atoms with Crippen LogP contribution in [0.4, 0.5) is 0 Å². The van der Waals surface area contributed by atoms with Crippen LogP contribution in [0.25, 0.3) is 0 Å². The third-order valence-electron chi connectivity index (χ3n) is 2.87. The molecule has 2 N–H and O–H groups in total. The maximum atomic E-state index is 12.0. The van der Waals surface area contributed by atoms with E-state index in [0.717, 1.165) is 5.56 Å². The summed E-state index contributed by atoms with van der Waals surface area (Å²) >= 11 is 0. The third-order valence-corrected chi connectivity index (χ3v) is 2.87. The minimum Gasteiger partial charge on any atom is -0.508 e. The molecule has 0 fully saturated rings. The van der Waals surface area contributed by atoms with Crippen molar-refractivity contribution < 1.29 is 14.3 Å². The lowest BCUT2D eigenvalue weighted by Gasteiger charge is -2.03. The zero-order valence-electron chi connectivity index (χ0n) is 11.6. The van der Waals surface area contributed by atoms with E-state index in [1.165, 1.54) is 0 Å². The summed E-state index contributed by atoms with van der Waals surface area (Å²) in [4.78, 5) is 12.0. The Morgan fingerprint density at radius 3 is 2.65 bits per heavy atom. The van der Waals surface area contributed by atoms with Gasteiger partial charge in [0, 0.05) is 5.56 Å². The number of phenolic OH excluding ortho intramolecular Hbond substituents is 1. The Balaban J connectivity index is 2.13. The summed E-state index contributed by atoms with van der Waals surface area (Å²) in [6.45, 7) is 5.27. The van der Waals surface area contributed by atoms with E-state index in [-0.39, 0.29) is 11.7 Å². The van der Waals surface area contributed by atoms with Crippen molar-refractivity contribution >= 4 is 11.6 Å². The molecule has 1 aromatic heterocycles. The molecule has 0 radical (unpaired) electrons. The Morgan fingerprint density at radius 1 is 1.30 bits per heavy atom. The van der Waals surface area contributed by atoms with Crippen molar-refractivity contribution in [1.82, 2.24) is 5.43 Å². The molecule has 1 amide bonds. The summed E-state index contributed by atoms with van der Waals surface area (Å²) in [6, 6.07) is 8.35. The van der Waals surface area contributed by atoms with E-state index in [2.05, 4.69) is 10.5 Å². The third kappa shape index (κ3) is 3.06. The second-order valence-corrected chi connectivity index (χ2v) is 4.52. The predicted molar refractivity (Wildman–Crippen MR) is 76.0 cm³/mol. The van der Waals surface area contributed by atoms with Gasteiger partial charge in [0.2, 0.25) is 0 Å². The van der Waals surface area contributed by atoms with Crippen LogP contribution in [-0.2, 0) is 0 Å². The lowest BCUT2D eigenvalue weighted by molar-refractivity contribution is 0.0953. The normalized spacial score (nSPS) is 11.4. The minimum absolute atomic E-state index is 0.157. The van der Waals surface area contributed by atoms with Crippen LogP contribution in [0.1, 0.15) is 34.4 Å². The van der Waals surface area contributed by atoms with Crippen LogP contribution in [0.5, 0.6) is 5.75 Å². The molecule has 0 atom stereocenters. The van der Waals surface area contributed by atoms with Gasteiger partial charge in [-0.05, 0) is 39.0 Å². The van der Waals surface area contributed by atoms with E-state index in [4.69, 9.17) is 4.42 Å². The number of furan rings is 1. The number of carbonyl (C=O) groups is 1. The van der Waals surface area contributed by atoms with E-state index in [1.807, 2.05) is 0 Å². The first-order valence-corrected chi connectivity index (χ1v) is 6.18. The maximum absolute atomic E-state index is 12.0. The van der Waals surface area contributed by atoms with Crippen LogP contribution in [-0.4, -0.2) is 16.7 Å². The highest BCUT2D eigenvalue weighted by molar-refractivity contribution is 6.01. The topological polar surface area (TPSA) is 74.8 Å². The van der Waals surface area contributed by atoms with Crippen LogP contribution >= 0.6 is 0 Å². The zero-order valence-corrected chi connectivity index (χ0v) is 11.6. The number of hydrazone groups is 1. The molecule has 0 aliphatic rings. The number of rotatable bonds is 3. The summed E-state index contributed by atoms with van der Waals surface area (Å²) in [5.41, 5.74) is 4.29. The summed E-state index contributed by atoms with van der Waals surface area (Å²) in [7, 11) is 0. The maximum Gasteiger partial charge on any atom is 0.274 e. The van der Waals surface area contributed by atoms with E-state index >= 15 is 0 Å². The Labute approximate surface area is 116 Å². The SMILES string of the molecule is CC(=NNC(=O)c1cc(C)oc1C)c1cccc(O)c1. The highest BCUT2D eigenvalue weighted by Gasteiger charge is 2.12. The first kappa shape index (κ1) is 13.9. The van der Waals surface area contributed by atoms with Crippen molar-refractivity contribution in [2.24, 2.45) is 5.10 Å². The molecule has 0 aliphatic heterocycles. The van der Waals surface area contributed by atoms with E-state index < -0.39 is 0 Å². The van der Waals surface area contributed by atoms with Gasteiger partial charge in [-0.3, -0.25) is 4.79 Å². The molecule has 0 unspecified atom stereocenters. The molecule has 2 aromatic rings. The van der Waals surface area contributed by atoms with Gasteiger partial charge >= 0.3 is 0 Å². The number of hydrogen-bond acceptors (Lipinski definition) is 4. The summed E-state index contributed by atoms with van der Waals surface area (Å²) in [5.74, 6) is 1.08. The van der Waals surface area contributed by atoms with Gasteiger partial charge in [0.25, 0.3) is 5.91 Å². The molecule has 2 rings (SSSR count). The highest BCUT2D eigenvalue weighted by atomic mass is 16.3. The largest absolute Gasteiger partial charge is 0.508 e. The number of nitrogens with one attached hydrogen (secondary N) is 1. The minimum atomic E-state index is -0.321. The molecular weight excluding hydrogens is 256 g/mol. The Bertz CT molecular complexity index is 672. The summed E-state index contributed by atoms with van der Waals surface area (Å²) in [6.07, 6.45) is 0. The number of phenols is 1. The number of benzene rings is 1. The van der Waals surface area contributed by atoms with E-state index in [1.54, 1.807) is 51.1 Å². The highest BCUT2D eigenvalue weighted by Crippen LogP contribution is 2.14. The quantitative estimate of drug-likeness (QED) is 0.666. The van der Waals surface area contributed by atoms with Crippen molar-refractivity contribution in [3.8, 4) is 5.75 Å². The monoisotopic (exact) mass is 272 g/mol. The van der Waals surface area contributed by atoms with Gasteiger partial charge in [0.1, 0.15) is 17.3 Å². The number of amides is 1. The first-order valence-electron chi connectivity index (χ1n) is 6.18. The molecule has 5 nitrogen and oxygen atoms in total. The van der Waals surface area contributed by atoms with Crippen molar-refractivity contribution in [1.29, 1.82) is 0 Å². The lowest BCUT2D eigenvalue weighted by Crippen LogP contribution is -2.19. The molecule has 0 aliphatic carbocycles. The number of aromatic hydroxyl groups is 1. The molecule has 0 saturated carbocycles. The van der Waals surface area contributed by atoms with Crippen LogP contribution in [0, 0.1) is 13.8 Å². The molecule has 1 heterocycles. The van der Waals surface area contributed by atoms with Gasteiger partial charge in [-0.2, -0.15) is 5.10 Å². The molecule has 104 valence electrons. The van der Waals surface area contributed by atoms with Gasteiger partial charge < -0.3 is 9.52 Å². The van der Waals surface area contributed by atoms with E-state index in [0.29, 0.717) is 22.8 Å². The number of carbonyl (C=O) groups excluding carboxylic acids is 1. The second kappa shape index (κ2) is 5.61. The van der Waals surface area contributed by atoms with Crippen LogP contribution in [0.15, 0.2) is 39.9 Å². The first-order chi connectivity index (χ1) is 9.47. The summed E-state index contributed by atoms with van der Waals surface area (Å²) in [5, 5.41) is 13.4. The average molecular weight is 272 g/mol. The van der Waals surface area contributed by atoms with E-state index in [9.17, 15) is 9.90 Å². The Morgan fingerprint density at radius 2 is 2.05 bits per heavy atom. The van der Waals surface area contributed by atoms with Crippen molar-refractivity contribution in [3.05, 3.63) is 53.0 Å². The zero-order chi connectivity index (χ0) is 14.7. The lowest BCUT2D eigenvalue weighted by atomic mass is 10.1. The average Bonchev–Trinajstić information content (AvgIpc) is 2.74. The van der Waals surface area contributed by atoms with Gasteiger partial charge in [-0.1, -0.05) is 12.1 Å².